The van der Waals surface area contributed by atoms with Crippen LogP contribution in [0.1, 0.15) is 22.7 Å². The second-order valence-corrected chi connectivity index (χ2v) is 5.62. The second-order valence-electron chi connectivity index (χ2n) is 4.76. The molecule has 112 valence electrons. The number of hydrogen-bond donors (Lipinski definition) is 1. The summed E-state index contributed by atoms with van der Waals surface area (Å²) in [5.74, 6) is 1.31. The largest absolute Gasteiger partial charge is 0.459 e. The number of carbonyl (C=O) groups excluding carboxylic acids is 1. The molecule has 6 nitrogen and oxygen atoms in total. The molecule has 1 fully saturated rings. The maximum atomic E-state index is 12.1. The predicted molar refractivity (Wildman–Crippen MR) is 77.2 cm³/mol. The Morgan fingerprint density at radius 2 is 2.43 bits per heavy atom. The Morgan fingerprint density at radius 3 is 3.14 bits per heavy atom. The third kappa shape index (κ3) is 3.49. The minimum atomic E-state index is -0.198. The van der Waals surface area contributed by atoms with Crippen molar-refractivity contribution in [3.63, 3.8) is 0 Å². The van der Waals surface area contributed by atoms with Crippen LogP contribution in [0, 0.1) is 6.92 Å². The molecule has 3 heterocycles. The summed E-state index contributed by atoms with van der Waals surface area (Å²) >= 11 is 1.39. The molecule has 0 saturated carbocycles. The Labute approximate surface area is 126 Å². The molecular formula is C14H16N2O4S. The number of ether oxygens (including phenoxy) is 2. The van der Waals surface area contributed by atoms with Crippen LogP contribution < -0.4 is 5.32 Å². The Balaban J connectivity index is 1.59. The van der Waals surface area contributed by atoms with E-state index in [0.29, 0.717) is 36.4 Å². The van der Waals surface area contributed by atoms with Gasteiger partial charge in [0, 0.05) is 11.9 Å². The smallest absolute Gasteiger partial charge is 0.270 e. The van der Waals surface area contributed by atoms with E-state index in [0.717, 1.165) is 12.2 Å². The Hall–Kier alpha value is -1.70. The van der Waals surface area contributed by atoms with Gasteiger partial charge in [-0.25, -0.2) is 4.98 Å². The lowest BCUT2D eigenvalue weighted by Crippen LogP contribution is -2.37. The number of furan rings is 1. The van der Waals surface area contributed by atoms with Gasteiger partial charge in [-0.15, -0.1) is 11.3 Å². The van der Waals surface area contributed by atoms with Gasteiger partial charge in [0.15, 0.2) is 10.8 Å². The molecule has 1 N–H and O–H groups in total. The third-order valence-corrected chi connectivity index (χ3v) is 4.01. The van der Waals surface area contributed by atoms with Crippen molar-refractivity contribution in [3.05, 3.63) is 29.0 Å². The lowest BCUT2D eigenvalue weighted by molar-refractivity contribution is -0.136. The third-order valence-electron chi connectivity index (χ3n) is 3.15. The van der Waals surface area contributed by atoms with Crippen LogP contribution in [-0.2, 0) is 9.47 Å². The fourth-order valence-corrected chi connectivity index (χ4v) is 2.76. The molecule has 1 atom stereocenters. The summed E-state index contributed by atoms with van der Waals surface area (Å²) in [6.07, 6.45) is 0.794. The first-order chi connectivity index (χ1) is 10.2. The molecule has 1 aliphatic rings. The molecule has 1 amide bonds. The van der Waals surface area contributed by atoms with Crippen LogP contribution in [0.2, 0.25) is 0 Å². The van der Waals surface area contributed by atoms with Crippen LogP contribution in [0.25, 0.3) is 10.8 Å². The Morgan fingerprint density at radius 1 is 1.52 bits per heavy atom. The summed E-state index contributed by atoms with van der Waals surface area (Å²) < 4.78 is 16.0. The number of amides is 1. The summed E-state index contributed by atoms with van der Waals surface area (Å²) in [4.78, 5) is 16.4. The number of aryl methyl sites for hydroxylation is 1. The molecule has 0 aliphatic carbocycles. The molecule has 0 unspecified atom stereocenters. The predicted octanol–water partition coefficient (Wildman–Crippen LogP) is 2.20. The molecule has 21 heavy (non-hydrogen) atoms. The van der Waals surface area contributed by atoms with Gasteiger partial charge in [0.2, 0.25) is 0 Å². The summed E-state index contributed by atoms with van der Waals surface area (Å²) in [6.45, 7) is 3.30. The quantitative estimate of drug-likeness (QED) is 0.937. The van der Waals surface area contributed by atoms with E-state index in [1.165, 1.54) is 11.3 Å². The van der Waals surface area contributed by atoms with E-state index in [1.807, 2.05) is 19.1 Å². The number of rotatable bonds is 4. The topological polar surface area (TPSA) is 73.6 Å². The molecule has 7 heteroatoms. The monoisotopic (exact) mass is 308 g/mol. The number of hydrogen-bond acceptors (Lipinski definition) is 6. The minimum absolute atomic E-state index is 0.00790. The molecule has 3 rings (SSSR count). The number of carbonyl (C=O) groups is 1. The lowest BCUT2D eigenvalue weighted by Gasteiger charge is -2.22. The van der Waals surface area contributed by atoms with Gasteiger partial charge in [0.25, 0.3) is 5.91 Å². The zero-order valence-electron chi connectivity index (χ0n) is 11.6. The molecule has 2 aromatic rings. The molecule has 0 radical (unpaired) electrons. The number of thiazole rings is 1. The minimum Gasteiger partial charge on any atom is -0.459 e. The average molecular weight is 308 g/mol. The van der Waals surface area contributed by atoms with Crippen molar-refractivity contribution in [2.24, 2.45) is 0 Å². The first-order valence-corrected chi connectivity index (χ1v) is 7.60. The SMILES string of the molecule is Cc1ccc(-c2nc(C(=O)NC[C@@H]3CCOCO3)cs2)o1. The van der Waals surface area contributed by atoms with E-state index in [-0.39, 0.29) is 12.0 Å². The maximum Gasteiger partial charge on any atom is 0.270 e. The number of nitrogens with zero attached hydrogens (tertiary/aromatic N) is 1. The Bertz CT molecular complexity index is 616. The van der Waals surface area contributed by atoms with Crippen molar-refractivity contribution in [3.8, 4) is 10.8 Å². The van der Waals surface area contributed by atoms with Gasteiger partial charge in [-0.05, 0) is 25.5 Å². The molecule has 0 bridgehead atoms. The van der Waals surface area contributed by atoms with E-state index < -0.39 is 0 Å². The van der Waals surface area contributed by atoms with Crippen LogP contribution >= 0.6 is 11.3 Å². The fraction of sp³-hybridized carbons (Fsp3) is 0.429. The summed E-state index contributed by atoms with van der Waals surface area (Å²) in [6, 6.07) is 3.73. The van der Waals surface area contributed by atoms with Crippen LogP contribution in [0.4, 0.5) is 0 Å². The molecule has 0 spiro atoms. The molecule has 1 aliphatic heterocycles. The zero-order valence-corrected chi connectivity index (χ0v) is 12.4. The van der Waals surface area contributed by atoms with Gasteiger partial charge >= 0.3 is 0 Å². The van der Waals surface area contributed by atoms with Gasteiger partial charge in [0.05, 0.1) is 12.7 Å². The molecule has 2 aromatic heterocycles. The van der Waals surface area contributed by atoms with E-state index in [1.54, 1.807) is 5.38 Å². The summed E-state index contributed by atoms with van der Waals surface area (Å²) in [5.41, 5.74) is 0.399. The van der Waals surface area contributed by atoms with Crippen molar-refractivity contribution >= 4 is 17.2 Å². The highest BCUT2D eigenvalue weighted by molar-refractivity contribution is 7.13. The normalized spacial score (nSPS) is 18.6. The number of nitrogens with one attached hydrogen (secondary N) is 1. The molecule has 0 aromatic carbocycles. The van der Waals surface area contributed by atoms with E-state index in [9.17, 15) is 4.79 Å². The van der Waals surface area contributed by atoms with Crippen molar-refractivity contribution in [2.75, 3.05) is 19.9 Å². The van der Waals surface area contributed by atoms with Crippen LogP contribution in [0.5, 0.6) is 0 Å². The zero-order chi connectivity index (χ0) is 14.7. The van der Waals surface area contributed by atoms with Gasteiger partial charge < -0.3 is 19.2 Å². The van der Waals surface area contributed by atoms with E-state index in [4.69, 9.17) is 13.9 Å². The standard InChI is InChI=1S/C14H16N2O4S/c1-9-2-3-12(20-9)14-16-11(7-21-14)13(17)15-6-10-4-5-18-8-19-10/h2-3,7,10H,4-6,8H2,1H3,(H,15,17)/t10-/m0/s1. The second kappa shape index (κ2) is 6.38. The molecular weight excluding hydrogens is 292 g/mol. The maximum absolute atomic E-state index is 12.1. The number of aromatic nitrogens is 1. The van der Waals surface area contributed by atoms with Gasteiger partial charge in [0.1, 0.15) is 18.2 Å². The van der Waals surface area contributed by atoms with Gasteiger partial charge in [-0.2, -0.15) is 0 Å². The highest BCUT2D eigenvalue weighted by Crippen LogP contribution is 2.25. The van der Waals surface area contributed by atoms with E-state index in [2.05, 4.69) is 10.3 Å². The van der Waals surface area contributed by atoms with Crippen LogP contribution in [0.3, 0.4) is 0 Å². The van der Waals surface area contributed by atoms with Crippen LogP contribution in [0.15, 0.2) is 21.9 Å². The lowest BCUT2D eigenvalue weighted by atomic mass is 10.2. The summed E-state index contributed by atoms with van der Waals surface area (Å²) in [5, 5.41) is 5.27. The van der Waals surface area contributed by atoms with Gasteiger partial charge in [-0.3, -0.25) is 4.79 Å². The summed E-state index contributed by atoms with van der Waals surface area (Å²) in [7, 11) is 0. The van der Waals surface area contributed by atoms with E-state index >= 15 is 0 Å². The highest BCUT2D eigenvalue weighted by Gasteiger charge is 2.17. The van der Waals surface area contributed by atoms with Crippen molar-refractivity contribution in [1.29, 1.82) is 0 Å². The highest BCUT2D eigenvalue weighted by atomic mass is 32.1. The first-order valence-electron chi connectivity index (χ1n) is 6.72. The van der Waals surface area contributed by atoms with Gasteiger partial charge in [-0.1, -0.05) is 0 Å². The average Bonchev–Trinajstić information content (AvgIpc) is 3.14. The van der Waals surface area contributed by atoms with Crippen molar-refractivity contribution in [1.82, 2.24) is 10.3 Å². The molecule has 1 saturated heterocycles. The fourth-order valence-electron chi connectivity index (χ4n) is 2.00. The van der Waals surface area contributed by atoms with Crippen molar-refractivity contribution < 1.29 is 18.7 Å². The van der Waals surface area contributed by atoms with Crippen molar-refractivity contribution in [2.45, 2.75) is 19.4 Å². The Kier molecular flexibility index (Phi) is 4.33. The first kappa shape index (κ1) is 14.2. The van der Waals surface area contributed by atoms with Crippen LogP contribution in [-0.4, -0.2) is 36.9 Å².